The molecule has 2 aromatic rings. The van der Waals surface area contributed by atoms with Gasteiger partial charge < -0.3 is 5.32 Å². The van der Waals surface area contributed by atoms with Crippen LogP contribution in [0.25, 0.3) is 11.3 Å². The molecule has 1 N–H and O–H groups in total. The molecule has 2 aliphatic carbocycles. The van der Waals surface area contributed by atoms with Gasteiger partial charge in [0.15, 0.2) is 0 Å². The molecule has 1 heterocycles. The molecule has 1 amide bonds. The molecule has 0 bridgehead atoms. The SMILES string of the molecule is Cn1nc(-c2ccccc2F)c(C2CCC2)c1NC(=O)CC1(C(F)(F)F)CC1. The first-order chi connectivity index (χ1) is 13.2. The van der Waals surface area contributed by atoms with Gasteiger partial charge in [0.05, 0.1) is 5.41 Å². The van der Waals surface area contributed by atoms with Gasteiger partial charge in [0.25, 0.3) is 0 Å². The molecule has 28 heavy (non-hydrogen) atoms. The average Bonchev–Trinajstić information content (AvgIpc) is 3.29. The van der Waals surface area contributed by atoms with Gasteiger partial charge in [0.2, 0.25) is 5.91 Å². The van der Waals surface area contributed by atoms with Crippen LogP contribution in [0.5, 0.6) is 0 Å². The van der Waals surface area contributed by atoms with Crippen molar-refractivity contribution in [2.75, 3.05) is 5.32 Å². The number of anilines is 1. The number of nitrogens with one attached hydrogen (secondary N) is 1. The predicted octanol–water partition coefficient (Wildman–Crippen LogP) is 5.16. The molecule has 0 aliphatic heterocycles. The third kappa shape index (κ3) is 3.18. The largest absolute Gasteiger partial charge is 0.395 e. The van der Waals surface area contributed by atoms with Crippen LogP contribution < -0.4 is 5.32 Å². The van der Waals surface area contributed by atoms with Crippen LogP contribution in [0.4, 0.5) is 23.4 Å². The first kappa shape index (κ1) is 19.0. The van der Waals surface area contributed by atoms with E-state index in [0.29, 0.717) is 22.6 Å². The van der Waals surface area contributed by atoms with Gasteiger partial charge in [-0.3, -0.25) is 9.48 Å². The highest BCUT2D eigenvalue weighted by Crippen LogP contribution is 2.60. The van der Waals surface area contributed by atoms with Gasteiger partial charge in [-0.15, -0.1) is 0 Å². The van der Waals surface area contributed by atoms with Crippen molar-refractivity contribution in [3.05, 3.63) is 35.6 Å². The number of aryl methyl sites for hydroxylation is 1. The number of aromatic nitrogens is 2. The van der Waals surface area contributed by atoms with Crippen molar-refractivity contribution in [2.24, 2.45) is 12.5 Å². The molecule has 2 saturated carbocycles. The van der Waals surface area contributed by atoms with Crippen LogP contribution in [-0.2, 0) is 11.8 Å². The molecule has 150 valence electrons. The monoisotopic (exact) mass is 395 g/mol. The lowest BCUT2D eigenvalue weighted by Gasteiger charge is -2.27. The van der Waals surface area contributed by atoms with Gasteiger partial charge in [0.1, 0.15) is 17.3 Å². The first-order valence-corrected chi connectivity index (χ1v) is 9.40. The maximum absolute atomic E-state index is 14.3. The second kappa shape index (κ2) is 6.60. The number of nitrogens with zero attached hydrogens (tertiary/aromatic N) is 2. The van der Waals surface area contributed by atoms with Crippen molar-refractivity contribution in [1.82, 2.24) is 9.78 Å². The van der Waals surface area contributed by atoms with E-state index in [0.717, 1.165) is 19.3 Å². The standard InChI is InChI=1S/C20H21F4N3O/c1-27-18(25-15(28)11-19(9-10-19)20(22,23)24)16(12-5-4-6-12)17(26-27)13-7-2-3-8-14(13)21/h2-3,7-8,12H,4-6,9-11H2,1H3,(H,25,28). The molecule has 0 unspecified atom stereocenters. The van der Waals surface area contributed by atoms with E-state index in [-0.39, 0.29) is 18.8 Å². The van der Waals surface area contributed by atoms with E-state index in [1.54, 1.807) is 25.2 Å². The second-order valence-corrected chi connectivity index (χ2v) is 7.85. The van der Waals surface area contributed by atoms with E-state index in [9.17, 15) is 22.4 Å². The number of halogens is 4. The summed E-state index contributed by atoms with van der Waals surface area (Å²) in [6.07, 6.45) is -2.25. The van der Waals surface area contributed by atoms with E-state index < -0.39 is 29.7 Å². The lowest BCUT2D eigenvalue weighted by Crippen LogP contribution is -2.30. The molecule has 4 rings (SSSR count). The fraction of sp³-hybridized carbons (Fsp3) is 0.500. The van der Waals surface area contributed by atoms with Crippen molar-refractivity contribution >= 4 is 11.7 Å². The van der Waals surface area contributed by atoms with Gasteiger partial charge in [0, 0.05) is 24.6 Å². The molecular formula is C20H21F4N3O. The number of carbonyl (C=O) groups excluding carboxylic acids is 1. The zero-order valence-corrected chi connectivity index (χ0v) is 15.4. The summed E-state index contributed by atoms with van der Waals surface area (Å²) in [7, 11) is 1.61. The summed E-state index contributed by atoms with van der Waals surface area (Å²) in [5.41, 5.74) is -0.420. The predicted molar refractivity (Wildman–Crippen MR) is 96.2 cm³/mol. The van der Waals surface area contributed by atoms with Crippen LogP contribution in [0.1, 0.15) is 50.0 Å². The lowest BCUT2D eigenvalue weighted by atomic mass is 9.79. The van der Waals surface area contributed by atoms with Gasteiger partial charge in [-0.05, 0) is 43.7 Å². The fourth-order valence-corrected chi connectivity index (χ4v) is 3.82. The smallest absolute Gasteiger partial charge is 0.311 e. The summed E-state index contributed by atoms with van der Waals surface area (Å²) < 4.78 is 55.3. The molecule has 2 aliphatic rings. The molecule has 0 atom stereocenters. The summed E-state index contributed by atoms with van der Waals surface area (Å²) >= 11 is 0. The quantitative estimate of drug-likeness (QED) is 0.711. The zero-order valence-electron chi connectivity index (χ0n) is 15.4. The van der Waals surface area contributed by atoms with E-state index >= 15 is 0 Å². The van der Waals surface area contributed by atoms with Gasteiger partial charge in [-0.25, -0.2) is 4.39 Å². The molecule has 0 saturated heterocycles. The topological polar surface area (TPSA) is 46.9 Å². The zero-order chi connectivity index (χ0) is 20.1. The highest BCUT2D eigenvalue weighted by atomic mass is 19.4. The van der Waals surface area contributed by atoms with Gasteiger partial charge >= 0.3 is 6.18 Å². The molecule has 1 aromatic carbocycles. The van der Waals surface area contributed by atoms with Crippen molar-refractivity contribution < 1.29 is 22.4 Å². The summed E-state index contributed by atoms with van der Waals surface area (Å²) in [5, 5.41) is 7.04. The highest BCUT2D eigenvalue weighted by molar-refractivity contribution is 5.92. The number of benzene rings is 1. The maximum Gasteiger partial charge on any atom is 0.395 e. The Morgan fingerprint density at radius 3 is 2.50 bits per heavy atom. The van der Waals surface area contributed by atoms with Crippen molar-refractivity contribution in [3.63, 3.8) is 0 Å². The van der Waals surface area contributed by atoms with Crippen LogP contribution in [-0.4, -0.2) is 21.9 Å². The Bertz CT molecular complexity index is 911. The summed E-state index contributed by atoms with van der Waals surface area (Å²) in [6, 6.07) is 6.25. The van der Waals surface area contributed by atoms with Crippen molar-refractivity contribution in [2.45, 2.75) is 50.6 Å². The van der Waals surface area contributed by atoms with E-state index in [1.165, 1.54) is 10.7 Å². The Hall–Kier alpha value is -2.38. The molecule has 0 radical (unpaired) electrons. The van der Waals surface area contributed by atoms with E-state index in [1.807, 2.05) is 0 Å². The Balaban J connectivity index is 1.66. The normalized spacial score (nSPS) is 18.6. The average molecular weight is 395 g/mol. The number of hydrogen-bond donors (Lipinski definition) is 1. The first-order valence-electron chi connectivity index (χ1n) is 9.40. The minimum Gasteiger partial charge on any atom is -0.311 e. The molecule has 1 aromatic heterocycles. The number of carbonyl (C=O) groups is 1. The van der Waals surface area contributed by atoms with Gasteiger partial charge in [-0.1, -0.05) is 18.6 Å². The fourth-order valence-electron chi connectivity index (χ4n) is 3.82. The van der Waals surface area contributed by atoms with Gasteiger partial charge in [-0.2, -0.15) is 18.3 Å². The summed E-state index contributed by atoms with van der Waals surface area (Å²) in [6.45, 7) is 0. The van der Waals surface area contributed by atoms with Crippen LogP contribution in [0.15, 0.2) is 24.3 Å². The Morgan fingerprint density at radius 2 is 1.96 bits per heavy atom. The number of rotatable bonds is 5. The number of alkyl halides is 3. The Labute approximate surface area is 159 Å². The number of hydrogen-bond acceptors (Lipinski definition) is 2. The van der Waals surface area contributed by atoms with Crippen molar-refractivity contribution in [1.29, 1.82) is 0 Å². The van der Waals surface area contributed by atoms with Crippen molar-refractivity contribution in [3.8, 4) is 11.3 Å². The maximum atomic E-state index is 14.3. The minimum absolute atomic E-state index is 0.0226. The van der Waals surface area contributed by atoms with E-state index in [4.69, 9.17) is 0 Å². The summed E-state index contributed by atoms with van der Waals surface area (Å²) in [4.78, 5) is 12.4. The van der Waals surface area contributed by atoms with Crippen LogP contribution >= 0.6 is 0 Å². The Morgan fingerprint density at radius 1 is 1.29 bits per heavy atom. The molecule has 4 nitrogen and oxygen atoms in total. The second-order valence-electron chi connectivity index (χ2n) is 7.85. The van der Waals surface area contributed by atoms with E-state index in [2.05, 4.69) is 10.4 Å². The molecule has 8 heteroatoms. The van der Waals surface area contributed by atoms with Crippen LogP contribution in [0.3, 0.4) is 0 Å². The highest BCUT2D eigenvalue weighted by Gasteiger charge is 2.63. The molecule has 2 fully saturated rings. The molecule has 0 spiro atoms. The van der Waals surface area contributed by atoms with Crippen LogP contribution in [0.2, 0.25) is 0 Å². The molecular weight excluding hydrogens is 374 g/mol. The summed E-state index contributed by atoms with van der Waals surface area (Å²) in [5.74, 6) is -0.631. The third-order valence-electron chi connectivity index (χ3n) is 5.94. The van der Waals surface area contributed by atoms with Crippen LogP contribution in [0, 0.1) is 11.2 Å². The lowest BCUT2D eigenvalue weighted by molar-refractivity contribution is -0.189. The minimum atomic E-state index is -4.38. The number of amides is 1. The Kier molecular flexibility index (Phi) is 4.47. The third-order valence-corrected chi connectivity index (χ3v) is 5.94.